The van der Waals surface area contributed by atoms with Gasteiger partial charge in [0.1, 0.15) is 12.2 Å². The number of rotatable bonds is 9. The van der Waals surface area contributed by atoms with Gasteiger partial charge in [-0.05, 0) is 104 Å². The average Bonchev–Trinajstić information content (AvgIpc) is 3.71. The highest BCUT2D eigenvalue weighted by Gasteiger charge is 2.55. The molecule has 3 aromatic heterocycles. The van der Waals surface area contributed by atoms with E-state index in [0.717, 1.165) is 37.7 Å². The molecule has 3 fully saturated rings. The maximum Gasteiger partial charge on any atom is 0.253 e. The normalized spacial score (nSPS) is 23.3. The van der Waals surface area contributed by atoms with Crippen LogP contribution in [0.25, 0.3) is 22.3 Å². The molecule has 1 saturated heterocycles. The van der Waals surface area contributed by atoms with Gasteiger partial charge in [0.2, 0.25) is 5.91 Å². The number of pyridine rings is 2. The zero-order valence-corrected chi connectivity index (χ0v) is 31.4. The van der Waals surface area contributed by atoms with Crippen LogP contribution in [0.3, 0.4) is 0 Å². The number of carbonyl (C=O) groups is 2. The fraction of sp³-hybridized carbons (Fsp3) is 0.513. The van der Waals surface area contributed by atoms with Crippen molar-refractivity contribution in [3.8, 4) is 11.3 Å². The van der Waals surface area contributed by atoms with E-state index in [0.29, 0.717) is 40.8 Å². The number of hydrogen-bond acceptors (Lipinski definition) is 7. The molecule has 5 heterocycles. The molecular formula is C39H44ClF3N8O2. The molecule has 4 aromatic rings. The maximum absolute atomic E-state index is 15.6. The quantitative estimate of drug-likeness (QED) is 0.167. The predicted molar refractivity (Wildman–Crippen MR) is 199 cm³/mol. The van der Waals surface area contributed by atoms with E-state index in [4.69, 9.17) is 21.6 Å². The fourth-order valence-corrected chi connectivity index (χ4v) is 8.61. The standard InChI is InChI=1S/C39H44ClF3N8O2/c1-21(2)50-20-45-27-15-25(46-34(32(27)50)47-26-14-24(29(40)31(43)30(26)42)35(52)48-39(19-41)9-10-39)22-13-28-33(44-18-22)37(3,4)36(53)51(28)23-16-38(5,17-23)49-11-7-6-8-12-49/h13-15,18,20-21,23H,6-12,16-17,19H2,1-5H3,(H,46,47)(H,48,52)/t23-,38+. The van der Waals surface area contributed by atoms with Gasteiger partial charge < -0.3 is 20.1 Å². The van der Waals surface area contributed by atoms with E-state index >= 15 is 8.78 Å². The first-order chi connectivity index (χ1) is 25.2. The van der Waals surface area contributed by atoms with Gasteiger partial charge in [-0.15, -0.1) is 0 Å². The Morgan fingerprint density at radius 1 is 1.04 bits per heavy atom. The fourth-order valence-electron chi connectivity index (χ4n) is 8.39. The van der Waals surface area contributed by atoms with Gasteiger partial charge in [0.05, 0.1) is 56.1 Å². The molecule has 2 aliphatic heterocycles. The summed E-state index contributed by atoms with van der Waals surface area (Å²) in [4.78, 5) is 46.0. The second-order valence-electron chi connectivity index (χ2n) is 16.4. The second kappa shape index (κ2) is 12.7. The lowest BCUT2D eigenvalue weighted by atomic mass is 9.71. The van der Waals surface area contributed by atoms with Crippen LogP contribution in [0.5, 0.6) is 0 Å². The number of amides is 2. The first kappa shape index (κ1) is 35.8. The molecule has 280 valence electrons. The molecule has 0 unspecified atom stereocenters. The number of carbonyl (C=O) groups excluding carboxylic acids is 2. The Labute approximate surface area is 311 Å². The number of nitrogens with one attached hydrogen (secondary N) is 2. The van der Waals surface area contributed by atoms with Crippen molar-refractivity contribution >= 4 is 51.6 Å². The lowest BCUT2D eigenvalue weighted by molar-refractivity contribution is -0.123. The SMILES string of the molecule is CC(C)n1cnc2cc(-c3cnc4c(c3)N([C@H]3C[C@@](C)(N5CCCCC5)C3)C(=O)C4(C)C)nc(Nc3cc(C(=O)NC4(CF)CC4)c(Cl)c(F)c3F)c21. The zero-order valence-electron chi connectivity index (χ0n) is 30.6. The Bertz CT molecular complexity index is 2150. The molecule has 53 heavy (non-hydrogen) atoms. The number of anilines is 3. The lowest BCUT2D eigenvalue weighted by Gasteiger charge is -2.55. The van der Waals surface area contributed by atoms with Gasteiger partial charge in [-0.3, -0.25) is 19.5 Å². The van der Waals surface area contributed by atoms with Crippen molar-refractivity contribution < 1.29 is 22.8 Å². The van der Waals surface area contributed by atoms with Gasteiger partial charge in [0.15, 0.2) is 17.5 Å². The molecule has 2 aliphatic carbocycles. The van der Waals surface area contributed by atoms with Crippen LogP contribution in [0.4, 0.5) is 30.4 Å². The van der Waals surface area contributed by atoms with Gasteiger partial charge in [-0.25, -0.2) is 23.1 Å². The number of benzene rings is 1. The minimum Gasteiger partial charge on any atom is -0.344 e. The Hall–Kier alpha value is -4.23. The van der Waals surface area contributed by atoms with E-state index in [9.17, 15) is 14.0 Å². The Morgan fingerprint density at radius 2 is 1.75 bits per heavy atom. The number of hydrogen-bond donors (Lipinski definition) is 2. The van der Waals surface area contributed by atoms with Crippen molar-refractivity contribution in [2.24, 2.45) is 0 Å². The summed E-state index contributed by atoms with van der Waals surface area (Å²) >= 11 is 6.13. The van der Waals surface area contributed by atoms with Crippen LogP contribution >= 0.6 is 11.6 Å². The van der Waals surface area contributed by atoms with Crippen LogP contribution in [0.2, 0.25) is 5.02 Å². The minimum atomic E-state index is -1.42. The number of aromatic nitrogens is 4. The number of halogens is 4. The first-order valence-corrected chi connectivity index (χ1v) is 18.8. The van der Waals surface area contributed by atoms with Crippen LogP contribution in [0.1, 0.15) is 102 Å². The summed E-state index contributed by atoms with van der Waals surface area (Å²) in [5, 5.41) is 4.81. The number of piperidine rings is 1. The van der Waals surface area contributed by atoms with E-state index in [1.165, 1.54) is 19.3 Å². The molecule has 0 spiro atoms. The summed E-state index contributed by atoms with van der Waals surface area (Å²) in [6.07, 6.45) is 9.62. The molecule has 14 heteroatoms. The third kappa shape index (κ3) is 5.85. The van der Waals surface area contributed by atoms with E-state index in [2.05, 4.69) is 27.4 Å². The molecule has 2 amide bonds. The minimum absolute atomic E-state index is 0.0171. The van der Waals surface area contributed by atoms with Crippen molar-refractivity contribution in [1.29, 1.82) is 0 Å². The summed E-state index contributed by atoms with van der Waals surface area (Å²) in [6.45, 7) is 11.4. The van der Waals surface area contributed by atoms with Gasteiger partial charge in [0.25, 0.3) is 5.91 Å². The van der Waals surface area contributed by atoms with Crippen LogP contribution in [-0.2, 0) is 10.2 Å². The maximum atomic E-state index is 15.6. The Balaban J connectivity index is 1.17. The Morgan fingerprint density at radius 3 is 2.42 bits per heavy atom. The van der Waals surface area contributed by atoms with E-state index in [1.54, 1.807) is 18.6 Å². The topological polar surface area (TPSA) is 108 Å². The summed E-state index contributed by atoms with van der Waals surface area (Å²) in [6, 6.07) is 4.82. The molecule has 1 aromatic carbocycles. The highest BCUT2D eigenvalue weighted by Crippen LogP contribution is 2.50. The van der Waals surface area contributed by atoms with Gasteiger partial charge >= 0.3 is 0 Å². The van der Waals surface area contributed by atoms with E-state index < -0.39 is 40.2 Å². The van der Waals surface area contributed by atoms with Crippen LogP contribution < -0.4 is 15.5 Å². The number of likely N-dealkylation sites (tertiary alicyclic amines) is 1. The highest BCUT2D eigenvalue weighted by atomic mass is 35.5. The van der Waals surface area contributed by atoms with Crippen molar-refractivity contribution in [1.82, 2.24) is 29.7 Å². The van der Waals surface area contributed by atoms with Crippen LogP contribution in [0.15, 0.2) is 30.7 Å². The Kier molecular flexibility index (Phi) is 8.56. The molecule has 0 atom stereocenters. The summed E-state index contributed by atoms with van der Waals surface area (Å²) < 4.78 is 46.3. The molecule has 2 N–H and O–H groups in total. The van der Waals surface area contributed by atoms with E-state index in [-0.39, 0.29) is 40.6 Å². The zero-order chi connectivity index (χ0) is 37.6. The third-order valence-electron chi connectivity index (χ3n) is 11.8. The van der Waals surface area contributed by atoms with Crippen molar-refractivity contribution in [3.05, 3.63) is 58.6 Å². The van der Waals surface area contributed by atoms with Crippen LogP contribution in [0, 0.1) is 11.6 Å². The first-order valence-electron chi connectivity index (χ1n) is 18.5. The number of nitrogens with zero attached hydrogens (tertiary/aromatic N) is 6. The number of alkyl halides is 1. The van der Waals surface area contributed by atoms with E-state index in [1.807, 2.05) is 43.2 Å². The molecule has 4 aliphatic rings. The molecule has 0 radical (unpaired) electrons. The average molecular weight is 749 g/mol. The lowest BCUT2D eigenvalue weighted by Crippen LogP contribution is -2.64. The predicted octanol–water partition coefficient (Wildman–Crippen LogP) is 8.01. The highest BCUT2D eigenvalue weighted by molar-refractivity contribution is 6.34. The monoisotopic (exact) mass is 748 g/mol. The molecule has 8 rings (SSSR count). The van der Waals surface area contributed by atoms with Crippen molar-refractivity contribution in [2.45, 2.75) is 108 Å². The van der Waals surface area contributed by atoms with Gasteiger partial charge in [-0.1, -0.05) is 18.0 Å². The van der Waals surface area contributed by atoms with Crippen molar-refractivity contribution in [3.63, 3.8) is 0 Å². The summed E-state index contributed by atoms with van der Waals surface area (Å²) in [7, 11) is 0. The molecular weight excluding hydrogens is 705 g/mol. The smallest absolute Gasteiger partial charge is 0.253 e. The third-order valence-corrected chi connectivity index (χ3v) is 12.2. The molecule has 0 bridgehead atoms. The number of imidazole rings is 1. The summed E-state index contributed by atoms with van der Waals surface area (Å²) in [5.74, 6) is -3.35. The second-order valence-corrected chi connectivity index (χ2v) is 16.8. The molecule has 10 nitrogen and oxygen atoms in total. The van der Waals surface area contributed by atoms with Gasteiger partial charge in [-0.2, -0.15) is 0 Å². The van der Waals surface area contributed by atoms with Gasteiger partial charge in [0, 0.05) is 29.4 Å². The number of fused-ring (bicyclic) bond motifs is 2. The van der Waals surface area contributed by atoms with Crippen molar-refractivity contribution in [2.75, 3.05) is 30.0 Å². The van der Waals surface area contributed by atoms with Crippen LogP contribution in [-0.4, -0.2) is 73.1 Å². The largest absolute Gasteiger partial charge is 0.344 e. The summed E-state index contributed by atoms with van der Waals surface area (Å²) in [5.41, 5.74) is 1.07. The molecule has 2 saturated carbocycles.